The summed E-state index contributed by atoms with van der Waals surface area (Å²) >= 11 is 1.62. The molecule has 0 bridgehead atoms. The summed E-state index contributed by atoms with van der Waals surface area (Å²) in [4.78, 5) is 22.4. The van der Waals surface area contributed by atoms with Crippen LogP contribution in [0.5, 0.6) is 0 Å². The molecule has 32 heavy (non-hydrogen) atoms. The molecule has 162 valence electrons. The summed E-state index contributed by atoms with van der Waals surface area (Å²) in [5.74, 6) is 0.127. The number of aromatic amines is 1. The third-order valence-electron chi connectivity index (χ3n) is 6.48. The van der Waals surface area contributed by atoms with E-state index in [1.54, 1.807) is 11.3 Å². The number of anilines is 1. The molecule has 0 unspecified atom stereocenters. The van der Waals surface area contributed by atoms with Gasteiger partial charge in [0.1, 0.15) is 0 Å². The van der Waals surface area contributed by atoms with Gasteiger partial charge in [-0.25, -0.2) is 0 Å². The first-order valence-electron chi connectivity index (χ1n) is 11.2. The molecule has 6 heteroatoms. The number of morpholine rings is 1. The van der Waals surface area contributed by atoms with Gasteiger partial charge in [0.05, 0.1) is 23.1 Å². The molecule has 0 saturated carbocycles. The molecule has 0 aliphatic carbocycles. The highest BCUT2D eigenvalue weighted by Crippen LogP contribution is 2.40. The Morgan fingerprint density at radius 2 is 1.75 bits per heavy atom. The summed E-state index contributed by atoms with van der Waals surface area (Å²) in [6.07, 6.45) is 0.864. The number of carbonyl (C=O) groups is 1. The van der Waals surface area contributed by atoms with E-state index in [4.69, 9.17) is 4.74 Å². The maximum Gasteiger partial charge on any atom is 0.264 e. The van der Waals surface area contributed by atoms with Crippen molar-refractivity contribution in [3.63, 3.8) is 0 Å². The SMILES string of the molecule is O=C(c1cc(-c2ccccc2)c(N2CCOCC2)s1)N1CCc2[nH]c3ccccc3c2C1. The Morgan fingerprint density at radius 1 is 0.969 bits per heavy atom. The number of benzene rings is 2. The third-order valence-corrected chi connectivity index (χ3v) is 7.66. The first-order chi connectivity index (χ1) is 15.8. The van der Waals surface area contributed by atoms with E-state index >= 15 is 0 Å². The number of rotatable bonds is 3. The Labute approximate surface area is 191 Å². The maximum atomic E-state index is 13.6. The number of hydrogen-bond acceptors (Lipinski definition) is 4. The molecule has 1 fully saturated rings. The summed E-state index contributed by atoms with van der Waals surface area (Å²) in [5, 5.41) is 2.40. The summed E-state index contributed by atoms with van der Waals surface area (Å²) in [5.41, 5.74) is 5.98. The Kier molecular flexibility index (Phi) is 4.97. The number of aromatic nitrogens is 1. The second kappa shape index (κ2) is 8.11. The number of H-pyrrole nitrogens is 1. The van der Waals surface area contributed by atoms with E-state index in [1.165, 1.54) is 21.6 Å². The molecule has 1 saturated heterocycles. The van der Waals surface area contributed by atoms with Crippen LogP contribution in [0.3, 0.4) is 0 Å². The van der Waals surface area contributed by atoms with Crippen molar-refractivity contribution < 1.29 is 9.53 Å². The van der Waals surface area contributed by atoms with E-state index in [9.17, 15) is 4.79 Å². The first-order valence-corrected chi connectivity index (χ1v) is 12.0. The van der Waals surface area contributed by atoms with E-state index in [2.05, 4.69) is 64.5 Å². The Bertz CT molecular complexity index is 1270. The molecule has 4 heterocycles. The van der Waals surface area contributed by atoms with Crippen molar-refractivity contribution in [1.29, 1.82) is 0 Å². The molecule has 1 N–H and O–H groups in total. The fourth-order valence-electron chi connectivity index (χ4n) is 4.81. The lowest BCUT2D eigenvalue weighted by atomic mass is 10.0. The van der Waals surface area contributed by atoms with Crippen LogP contribution in [0.4, 0.5) is 5.00 Å². The first kappa shape index (κ1) is 19.6. The number of ether oxygens (including phenoxy) is 1. The molecule has 2 aromatic carbocycles. The van der Waals surface area contributed by atoms with Crippen LogP contribution in [0.15, 0.2) is 60.7 Å². The summed E-state index contributed by atoms with van der Waals surface area (Å²) in [7, 11) is 0. The molecule has 2 aliphatic heterocycles. The summed E-state index contributed by atoms with van der Waals surface area (Å²) < 4.78 is 5.56. The number of nitrogens with one attached hydrogen (secondary N) is 1. The average molecular weight is 444 g/mol. The minimum atomic E-state index is 0.127. The van der Waals surface area contributed by atoms with Gasteiger partial charge in [-0.1, -0.05) is 48.5 Å². The van der Waals surface area contributed by atoms with Gasteiger partial charge < -0.3 is 19.5 Å². The molecule has 0 atom stereocenters. The van der Waals surface area contributed by atoms with Crippen molar-refractivity contribution in [3.8, 4) is 11.1 Å². The van der Waals surface area contributed by atoms with Crippen LogP contribution in [0.2, 0.25) is 0 Å². The molecule has 0 radical (unpaired) electrons. The van der Waals surface area contributed by atoms with Crippen LogP contribution >= 0.6 is 11.3 Å². The molecule has 2 aromatic heterocycles. The average Bonchev–Trinajstić information content (AvgIpc) is 3.46. The quantitative estimate of drug-likeness (QED) is 0.488. The van der Waals surface area contributed by atoms with Crippen LogP contribution in [0, 0.1) is 0 Å². The molecular formula is C26H25N3O2S. The monoisotopic (exact) mass is 443 g/mol. The number of hydrogen-bond donors (Lipinski definition) is 1. The zero-order chi connectivity index (χ0) is 21.5. The second-order valence-electron chi connectivity index (χ2n) is 8.40. The number of carbonyl (C=O) groups excluding carboxylic acids is 1. The molecular weight excluding hydrogens is 418 g/mol. The van der Waals surface area contributed by atoms with Gasteiger partial charge >= 0.3 is 0 Å². The van der Waals surface area contributed by atoms with Gasteiger partial charge in [0.25, 0.3) is 5.91 Å². The van der Waals surface area contributed by atoms with Gasteiger partial charge in [-0.3, -0.25) is 4.79 Å². The van der Waals surface area contributed by atoms with E-state index in [-0.39, 0.29) is 5.91 Å². The fourth-order valence-corrected chi connectivity index (χ4v) is 6.01. The predicted octanol–water partition coefficient (Wildman–Crippen LogP) is 4.93. The highest BCUT2D eigenvalue weighted by atomic mass is 32.1. The van der Waals surface area contributed by atoms with E-state index < -0.39 is 0 Å². The Hall–Kier alpha value is -3.09. The number of fused-ring (bicyclic) bond motifs is 3. The van der Waals surface area contributed by atoms with Crippen molar-refractivity contribution in [2.75, 3.05) is 37.7 Å². The van der Waals surface area contributed by atoms with E-state index in [1.807, 2.05) is 11.0 Å². The van der Waals surface area contributed by atoms with Crippen molar-refractivity contribution in [3.05, 3.63) is 76.8 Å². The zero-order valence-corrected chi connectivity index (χ0v) is 18.7. The summed E-state index contributed by atoms with van der Waals surface area (Å²) in [6.45, 7) is 4.57. The van der Waals surface area contributed by atoms with Gasteiger partial charge in [-0.15, -0.1) is 11.3 Å². The molecule has 1 amide bonds. The second-order valence-corrected chi connectivity index (χ2v) is 9.43. The van der Waals surface area contributed by atoms with Gasteiger partial charge in [0, 0.05) is 60.3 Å². The molecule has 5 nitrogen and oxygen atoms in total. The van der Waals surface area contributed by atoms with Crippen LogP contribution in [-0.4, -0.2) is 48.6 Å². The largest absolute Gasteiger partial charge is 0.378 e. The van der Waals surface area contributed by atoms with Crippen molar-refractivity contribution in [2.45, 2.75) is 13.0 Å². The smallest absolute Gasteiger partial charge is 0.264 e. The van der Waals surface area contributed by atoms with E-state index in [0.29, 0.717) is 6.54 Å². The lowest BCUT2D eigenvalue weighted by Gasteiger charge is -2.28. The minimum Gasteiger partial charge on any atom is -0.378 e. The zero-order valence-electron chi connectivity index (χ0n) is 17.8. The molecule has 0 spiro atoms. The van der Waals surface area contributed by atoms with Crippen LogP contribution < -0.4 is 4.90 Å². The normalized spacial score (nSPS) is 16.4. The number of thiophene rings is 1. The number of nitrogens with zero attached hydrogens (tertiary/aromatic N) is 2. The van der Waals surface area contributed by atoms with Crippen LogP contribution in [-0.2, 0) is 17.7 Å². The van der Waals surface area contributed by atoms with Gasteiger partial charge in [0.2, 0.25) is 0 Å². The van der Waals surface area contributed by atoms with Crippen molar-refractivity contribution in [1.82, 2.24) is 9.88 Å². The molecule has 4 aromatic rings. The number of para-hydroxylation sites is 1. The Balaban J connectivity index is 1.34. The van der Waals surface area contributed by atoms with Gasteiger partial charge in [-0.05, 0) is 17.7 Å². The highest BCUT2D eigenvalue weighted by molar-refractivity contribution is 7.18. The van der Waals surface area contributed by atoms with Crippen LogP contribution in [0.25, 0.3) is 22.0 Å². The third kappa shape index (κ3) is 3.40. The predicted molar refractivity (Wildman–Crippen MR) is 130 cm³/mol. The van der Waals surface area contributed by atoms with Crippen molar-refractivity contribution >= 4 is 33.1 Å². The maximum absolute atomic E-state index is 13.6. The van der Waals surface area contributed by atoms with Gasteiger partial charge in [-0.2, -0.15) is 0 Å². The Morgan fingerprint density at radius 3 is 2.59 bits per heavy atom. The minimum absolute atomic E-state index is 0.127. The molecule has 6 rings (SSSR count). The lowest BCUT2D eigenvalue weighted by Crippen LogP contribution is -2.36. The topological polar surface area (TPSA) is 48.6 Å². The van der Waals surface area contributed by atoms with Crippen LogP contribution in [0.1, 0.15) is 20.9 Å². The van der Waals surface area contributed by atoms with E-state index in [0.717, 1.165) is 60.8 Å². The lowest BCUT2D eigenvalue weighted by molar-refractivity contribution is 0.0740. The number of amides is 1. The highest BCUT2D eigenvalue weighted by Gasteiger charge is 2.28. The van der Waals surface area contributed by atoms with Gasteiger partial charge in [0.15, 0.2) is 0 Å². The standard InChI is InChI=1S/C26H25N3O2S/c30-25(29-11-10-23-21(17-29)19-8-4-5-9-22(19)27-23)24-16-20(18-6-2-1-3-7-18)26(32-24)28-12-14-31-15-13-28/h1-9,16,27H,10-15,17H2. The van der Waals surface area contributed by atoms with Crippen molar-refractivity contribution in [2.24, 2.45) is 0 Å². The fraction of sp³-hybridized carbons (Fsp3) is 0.269. The summed E-state index contributed by atoms with van der Waals surface area (Å²) in [6, 6.07) is 20.9. The molecule has 2 aliphatic rings.